The van der Waals surface area contributed by atoms with Crippen LogP contribution in [0.5, 0.6) is 0 Å². The Morgan fingerprint density at radius 2 is 1.75 bits per heavy atom. The predicted octanol–water partition coefficient (Wildman–Crippen LogP) is 0.162. The SMILES string of the molecule is CC(N)CCC(=O)NC(C(N)=O)C(C)C.Cl. The summed E-state index contributed by atoms with van der Waals surface area (Å²) in [4.78, 5) is 22.4. The van der Waals surface area contributed by atoms with Crippen molar-refractivity contribution >= 4 is 24.2 Å². The fourth-order valence-corrected chi connectivity index (χ4v) is 1.17. The second kappa shape index (κ2) is 8.35. The Bertz CT molecular complexity index is 232. The van der Waals surface area contributed by atoms with E-state index >= 15 is 0 Å². The molecule has 0 aliphatic heterocycles. The summed E-state index contributed by atoms with van der Waals surface area (Å²) in [6.07, 6.45) is 0.934. The minimum atomic E-state index is -0.592. The van der Waals surface area contributed by atoms with Gasteiger partial charge in [0, 0.05) is 12.5 Å². The number of halogens is 1. The molecule has 0 bridgehead atoms. The van der Waals surface area contributed by atoms with E-state index in [0.29, 0.717) is 12.8 Å². The molecule has 0 fully saturated rings. The Labute approximate surface area is 103 Å². The van der Waals surface area contributed by atoms with Gasteiger partial charge in [0.05, 0.1) is 0 Å². The highest BCUT2D eigenvalue weighted by Gasteiger charge is 2.21. The van der Waals surface area contributed by atoms with Crippen molar-refractivity contribution < 1.29 is 9.59 Å². The van der Waals surface area contributed by atoms with Gasteiger partial charge in [-0.1, -0.05) is 13.8 Å². The summed E-state index contributed by atoms with van der Waals surface area (Å²) >= 11 is 0. The predicted molar refractivity (Wildman–Crippen MR) is 66.1 cm³/mol. The molecule has 0 saturated carbocycles. The van der Waals surface area contributed by atoms with Gasteiger partial charge in [0.25, 0.3) is 0 Å². The van der Waals surface area contributed by atoms with Crippen molar-refractivity contribution in [3.8, 4) is 0 Å². The van der Waals surface area contributed by atoms with Gasteiger partial charge in [-0.3, -0.25) is 9.59 Å². The van der Waals surface area contributed by atoms with Gasteiger partial charge in [-0.2, -0.15) is 0 Å². The van der Waals surface area contributed by atoms with E-state index in [0.717, 1.165) is 0 Å². The molecule has 0 aromatic carbocycles. The molecule has 0 saturated heterocycles. The second-order valence-electron chi connectivity index (χ2n) is 4.21. The maximum Gasteiger partial charge on any atom is 0.240 e. The van der Waals surface area contributed by atoms with E-state index in [9.17, 15) is 9.59 Å². The van der Waals surface area contributed by atoms with Gasteiger partial charge in [-0.05, 0) is 19.3 Å². The number of carbonyl (C=O) groups excluding carboxylic acids is 2. The first-order valence-corrected chi connectivity index (χ1v) is 5.18. The van der Waals surface area contributed by atoms with Crippen LogP contribution < -0.4 is 16.8 Å². The van der Waals surface area contributed by atoms with Crippen LogP contribution in [0.3, 0.4) is 0 Å². The highest BCUT2D eigenvalue weighted by Crippen LogP contribution is 2.02. The fraction of sp³-hybridized carbons (Fsp3) is 0.800. The Hall–Kier alpha value is -0.810. The normalized spacial score (nSPS) is 13.8. The molecule has 0 aromatic rings. The molecule has 0 heterocycles. The number of carbonyl (C=O) groups is 2. The summed E-state index contributed by atoms with van der Waals surface area (Å²) in [7, 11) is 0. The summed E-state index contributed by atoms with van der Waals surface area (Å²) in [5.74, 6) is -0.675. The summed E-state index contributed by atoms with van der Waals surface area (Å²) in [5.41, 5.74) is 10.7. The van der Waals surface area contributed by atoms with E-state index in [4.69, 9.17) is 11.5 Å². The third-order valence-electron chi connectivity index (χ3n) is 2.12. The van der Waals surface area contributed by atoms with Crippen molar-refractivity contribution in [3.05, 3.63) is 0 Å². The van der Waals surface area contributed by atoms with Crippen molar-refractivity contribution in [3.63, 3.8) is 0 Å². The zero-order valence-electron chi connectivity index (χ0n) is 10.0. The molecule has 96 valence electrons. The van der Waals surface area contributed by atoms with E-state index in [2.05, 4.69) is 5.32 Å². The van der Waals surface area contributed by atoms with Crippen LogP contribution in [0.2, 0.25) is 0 Å². The molecule has 0 spiro atoms. The molecule has 5 nitrogen and oxygen atoms in total. The number of hydrogen-bond acceptors (Lipinski definition) is 3. The minimum Gasteiger partial charge on any atom is -0.368 e. The minimum absolute atomic E-state index is 0. The lowest BCUT2D eigenvalue weighted by molar-refractivity contribution is -0.128. The van der Waals surface area contributed by atoms with Gasteiger partial charge in [-0.25, -0.2) is 0 Å². The number of nitrogens with two attached hydrogens (primary N) is 2. The maximum absolute atomic E-state index is 11.4. The Morgan fingerprint density at radius 1 is 1.25 bits per heavy atom. The largest absolute Gasteiger partial charge is 0.368 e. The molecular formula is C10H22ClN3O2. The van der Waals surface area contributed by atoms with E-state index in [1.807, 2.05) is 20.8 Å². The van der Waals surface area contributed by atoms with E-state index in [1.165, 1.54) is 0 Å². The zero-order chi connectivity index (χ0) is 12.0. The number of hydrogen-bond donors (Lipinski definition) is 3. The Balaban J connectivity index is 0. The number of amides is 2. The zero-order valence-corrected chi connectivity index (χ0v) is 10.8. The topological polar surface area (TPSA) is 98.2 Å². The van der Waals surface area contributed by atoms with Crippen LogP contribution in [0.25, 0.3) is 0 Å². The summed E-state index contributed by atoms with van der Waals surface area (Å²) < 4.78 is 0. The number of rotatable bonds is 6. The van der Waals surface area contributed by atoms with Crippen LogP contribution in [0, 0.1) is 5.92 Å². The fourth-order valence-electron chi connectivity index (χ4n) is 1.17. The van der Waals surface area contributed by atoms with Crippen molar-refractivity contribution in [2.45, 2.75) is 45.7 Å². The lowest BCUT2D eigenvalue weighted by atomic mass is 10.0. The molecule has 0 rings (SSSR count). The van der Waals surface area contributed by atoms with Crippen LogP contribution in [-0.2, 0) is 9.59 Å². The molecule has 0 aliphatic rings. The molecule has 5 N–H and O–H groups in total. The summed E-state index contributed by atoms with van der Waals surface area (Å²) in [6, 6.07) is -0.604. The molecule has 2 amide bonds. The number of nitrogens with one attached hydrogen (secondary N) is 1. The number of primary amides is 1. The average molecular weight is 252 g/mol. The van der Waals surface area contributed by atoms with Crippen molar-refractivity contribution in [2.75, 3.05) is 0 Å². The van der Waals surface area contributed by atoms with E-state index in [-0.39, 0.29) is 30.3 Å². The lowest BCUT2D eigenvalue weighted by Crippen LogP contribution is -2.47. The van der Waals surface area contributed by atoms with Gasteiger partial charge < -0.3 is 16.8 Å². The third-order valence-corrected chi connectivity index (χ3v) is 2.12. The van der Waals surface area contributed by atoms with Crippen molar-refractivity contribution in [1.82, 2.24) is 5.32 Å². The molecule has 6 heteroatoms. The molecule has 2 unspecified atom stereocenters. The summed E-state index contributed by atoms with van der Waals surface area (Å²) in [5, 5.41) is 2.60. The van der Waals surface area contributed by atoms with Gasteiger partial charge in [0.1, 0.15) is 6.04 Å². The lowest BCUT2D eigenvalue weighted by Gasteiger charge is -2.19. The van der Waals surface area contributed by atoms with Gasteiger partial charge in [0.2, 0.25) is 11.8 Å². The molecular weight excluding hydrogens is 230 g/mol. The van der Waals surface area contributed by atoms with Crippen LogP contribution in [0.1, 0.15) is 33.6 Å². The van der Waals surface area contributed by atoms with Gasteiger partial charge in [-0.15, -0.1) is 12.4 Å². The van der Waals surface area contributed by atoms with Gasteiger partial charge in [0.15, 0.2) is 0 Å². The van der Waals surface area contributed by atoms with Gasteiger partial charge >= 0.3 is 0 Å². The monoisotopic (exact) mass is 251 g/mol. The Morgan fingerprint density at radius 3 is 2.06 bits per heavy atom. The highest BCUT2D eigenvalue weighted by atomic mass is 35.5. The highest BCUT2D eigenvalue weighted by molar-refractivity contribution is 5.86. The van der Waals surface area contributed by atoms with Crippen LogP contribution >= 0.6 is 12.4 Å². The first kappa shape index (κ1) is 17.6. The van der Waals surface area contributed by atoms with Crippen molar-refractivity contribution in [2.24, 2.45) is 17.4 Å². The first-order chi connectivity index (χ1) is 6.84. The standard InChI is InChI=1S/C10H21N3O2.ClH/c1-6(2)9(10(12)15)13-8(14)5-4-7(3)11;/h6-7,9H,4-5,11H2,1-3H3,(H2,12,15)(H,13,14);1H. The van der Waals surface area contributed by atoms with Crippen LogP contribution in [0.4, 0.5) is 0 Å². The van der Waals surface area contributed by atoms with E-state index in [1.54, 1.807) is 0 Å². The second-order valence-corrected chi connectivity index (χ2v) is 4.21. The summed E-state index contributed by atoms with van der Waals surface area (Å²) in [6.45, 7) is 5.50. The molecule has 0 aromatic heterocycles. The van der Waals surface area contributed by atoms with Crippen LogP contribution in [-0.4, -0.2) is 23.9 Å². The molecule has 0 radical (unpaired) electrons. The molecule has 2 atom stereocenters. The molecule has 0 aliphatic carbocycles. The van der Waals surface area contributed by atoms with Crippen LogP contribution in [0.15, 0.2) is 0 Å². The maximum atomic E-state index is 11.4. The smallest absolute Gasteiger partial charge is 0.240 e. The average Bonchev–Trinajstić information content (AvgIpc) is 2.09. The van der Waals surface area contributed by atoms with Crippen molar-refractivity contribution in [1.29, 1.82) is 0 Å². The quantitative estimate of drug-likeness (QED) is 0.627. The first-order valence-electron chi connectivity index (χ1n) is 5.18. The van der Waals surface area contributed by atoms with E-state index < -0.39 is 11.9 Å². The Kier molecular flexibility index (Phi) is 9.18. The third kappa shape index (κ3) is 7.48. The molecule has 16 heavy (non-hydrogen) atoms.